The van der Waals surface area contributed by atoms with Crippen LogP contribution in [-0.4, -0.2) is 5.91 Å². The fraction of sp³-hybridized carbons (Fsp3) is 0.286. The number of benzene rings is 2. The highest BCUT2D eigenvalue weighted by Gasteiger charge is 2.32. The molecule has 0 aliphatic carbocycles. The minimum Gasteiger partial charge on any atom is -0.306 e. The largest absolute Gasteiger partial charge is 0.306 e. The summed E-state index contributed by atoms with van der Waals surface area (Å²) in [5.74, 6) is 6.62. The highest BCUT2D eigenvalue weighted by Crippen LogP contribution is 2.31. The van der Waals surface area contributed by atoms with Gasteiger partial charge in [-0.25, -0.2) is 0 Å². The number of para-hydroxylation sites is 1. The van der Waals surface area contributed by atoms with Crippen molar-refractivity contribution < 1.29 is 4.79 Å². The van der Waals surface area contributed by atoms with Crippen LogP contribution in [0.4, 0.5) is 5.69 Å². The summed E-state index contributed by atoms with van der Waals surface area (Å²) in [4.78, 5) is 15.1. The number of amides is 1. The molecule has 0 saturated heterocycles. The number of carbonyl (C=O) groups excluding carboxylic acids is 1. The van der Waals surface area contributed by atoms with Gasteiger partial charge in [0, 0.05) is 16.5 Å². The monoisotopic (exact) mass is 303 g/mol. The van der Waals surface area contributed by atoms with E-state index in [4.69, 9.17) is 0 Å². The van der Waals surface area contributed by atoms with E-state index in [1.165, 1.54) is 0 Å². The van der Waals surface area contributed by atoms with Gasteiger partial charge in [0.2, 0.25) is 5.91 Å². The Bertz CT molecular complexity index is 808. The molecule has 0 N–H and O–H groups in total. The van der Waals surface area contributed by atoms with E-state index in [1.54, 1.807) is 0 Å². The lowest BCUT2D eigenvalue weighted by molar-refractivity contribution is -0.126. The van der Waals surface area contributed by atoms with Crippen LogP contribution in [0.15, 0.2) is 48.5 Å². The van der Waals surface area contributed by atoms with Gasteiger partial charge in [-0.15, -0.1) is 0 Å². The summed E-state index contributed by atoms with van der Waals surface area (Å²) in [5.41, 5.74) is 3.50. The van der Waals surface area contributed by atoms with Crippen molar-refractivity contribution in [2.24, 2.45) is 5.41 Å². The molecule has 2 nitrogen and oxygen atoms in total. The van der Waals surface area contributed by atoms with Crippen LogP contribution in [0.3, 0.4) is 0 Å². The number of hydrogen-bond acceptors (Lipinski definition) is 1. The van der Waals surface area contributed by atoms with Gasteiger partial charge in [-0.3, -0.25) is 4.79 Å². The van der Waals surface area contributed by atoms with Crippen molar-refractivity contribution in [3.05, 3.63) is 65.2 Å². The molecular formula is C21H21NO. The molecule has 0 saturated carbocycles. The van der Waals surface area contributed by atoms with Crippen LogP contribution in [0, 0.1) is 17.3 Å². The smallest absolute Gasteiger partial charge is 0.232 e. The number of nitrogens with zero attached hydrogens (tertiary/aromatic N) is 1. The van der Waals surface area contributed by atoms with Crippen LogP contribution < -0.4 is 4.90 Å². The van der Waals surface area contributed by atoms with E-state index < -0.39 is 5.41 Å². The molecule has 0 bridgehead atoms. The van der Waals surface area contributed by atoms with Crippen molar-refractivity contribution in [3.8, 4) is 11.8 Å². The van der Waals surface area contributed by atoms with Crippen molar-refractivity contribution in [1.82, 2.24) is 0 Å². The first-order valence-corrected chi connectivity index (χ1v) is 8.04. The van der Waals surface area contributed by atoms with Crippen molar-refractivity contribution in [2.45, 2.75) is 33.7 Å². The molecule has 2 aromatic rings. The van der Waals surface area contributed by atoms with E-state index in [1.807, 2.05) is 61.2 Å². The SMILES string of the molecule is CCC(C)(C)C(=O)N1Cc2ccccc2C#Cc2ccccc21. The maximum Gasteiger partial charge on any atom is 0.232 e. The van der Waals surface area contributed by atoms with E-state index in [0.29, 0.717) is 6.54 Å². The van der Waals surface area contributed by atoms with Gasteiger partial charge in [0.05, 0.1) is 12.2 Å². The number of anilines is 1. The fourth-order valence-electron chi connectivity index (χ4n) is 2.68. The third kappa shape index (κ3) is 2.87. The van der Waals surface area contributed by atoms with Gasteiger partial charge in [-0.1, -0.05) is 62.9 Å². The molecule has 3 rings (SSSR count). The van der Waals surface area contributed by atoms with Crippen molar-refractivity contribution in [1.29, 1.82) is 0 Å². The lowest BCUT2D eigenvalue weighted by Crippen LogP contribution is -2.41. The van der Waals surface area contributed by atoms with Crippen LogP contribution >= 0.6 is 0 Å². The predicted molar refractivity (Wildman–Crippen MR) is 94.1 cm³/mol. The molecule has 116 valence electrons. The quantitative estimate of drug-likeness (QED) is 0.754. The van der Waals surface area contributed by atoms with Gasteiger partial charge in [-0.2, -0.15) is 0 Å². The fourth-order valence-corrected chi connectivity index (χ4v) is 2.68. The number of hydrogen-bond donors (Lipinski definition) is 0. The second kappa shape index (κ2) is 5.93. The maximum atomic E-state index is 13.2. The highest BCUT2D eigenvalue weighted by atomic mass is 16.2. The molecule has 2 heteroatoms. The molecule has 1 heterocycles. The van der Waals surface area contributed by atoms with Gasteiger partial charge in [-0.05, 0) is 30.2 Å². The molecule has 23 heavy (non-hydrogen) atoms. The summed E-state index contributed by atoms with van der Waals surface area (Å²) < 4.78 is 0. The Labute approximate surface area is 138 Å². The minimum absolute atomic E-state index is 0.144. The summed E-state index contributed by atoms with van der Waals surface area (Å²) in [6.07, 6.45) is 0.803. The second-order valence-electron chi connectivity index (χ2n) is 6.55. The van der Waals surface area contributed by atoms with Gasteiger partial charge in [0.15, 0.2) is 0 Å². The van der Waals surface area contributed by atoms with Crippen LogP contribution in [0.1, 0.15) is 43.9 Å². The van der Waals surface area contributed by atoms with Crippen LogP contribution in [0.2, 0.25) is 0 Å². The van der Waals surface area contributed by atoms with E-state index in [0.717, 1.165) is 28.8 Å². The Kier molecular flexibility index (Phi) is 3.96. The number of rotatable bonds is 2. The third-order valence-corrected chi connectivity index (χ3v) is 4.58. The molecule has 2 aromatic carbocycles. The van der Waals surface area contributed by atoms with E-state index in [-0.39, 0.29) is 5.91 Å². The van der Waals surface area contributed by atoms with Gasteiger partial charge in [0.25, 0.3) is 0 Å². The summed E-state index contributed by atoms with van der Waals surface area (Å²) in [6.45, 7) is 6.63. The molecule has 1 aliphatic heterocycles. The normalized spacial score (nSPS) is 13.1. The first-order valence-electron chi connectivity index (χ1n) is 8.04. The molecule has 0 aromatic heterocycles. The topological polar surface area (TPSA) is 20.3 Å². The standard InChI is InChI=1S/C21H21NO/c1-4-21(2,3)20(23)22-15-18-11-6-5-9-16(18)13-14-17-10-7-8-12-19(17)22/h5-12H,4,15H2,1-3H3. The number of fused-ring (bicyclic) bond motifs is 2. The second-order valence-corrected chi connectivity index (χ2v) is 6.55. The lowest BCUT2D eigenvalue weighted by atomic mass is 9.87. The molecule has 0 atom stereocenters. The van der Waals surface area contributed by atoms with Gasteiger partial charge in [0.1, 0.15) is 0 Å². The molecular weight excluding hydrogens is 282 g/mol. The van der Waals surface area contributed by atoms with Crippen molar-refractivity contribution in [2.75, 3.05) is 4.90 Å². The molecule has 0 spiro atoms. The van der Waals surface area contributed by atoms with E-state index in [9.17, 15) is 4.79 Å². The van der Waals surface area contributed by atoms with Crippen molar-refractivity contribution in [3.63, 3.8) is 0 Å². The van der Waals surface area contributed by atoms with Crippen LogP contribution in [0.25, 0.3) is 0 Å². The number of carbonyl (C=O) groups is 1. The van der Waals surface area contributed by atoms with Crippen LogP contribution in [0.5, 0.6) is 0 Å². The molecule has 0 radical (unpaired) electrons. The van der Waals surface area contributed by atoms with Crippen LogP contribution in [-0.2, 0) is 11.3 Å². The summed E-state index contributed by atoms with van der Waals surface area (Å²) in [7, 11) is 0. The average Bonchev–Trinajstić information content (AvgIpc) is 2.56. The Balaban J connectivity index is 2.17. The Morgan fingerprint density at radius 3 is 2.39 bits per heavy atom. The lowest BCUT2D eigenvalue weighted by Gasteiger charge is -2.33. The summed E-state index contributed by atoms with van der Waals surface area (Å²) in [6, 6.07) is 16.0. The van der Waals surface area contributed by atoms with E-state index >= 15 is 0 Å². The van der Waals surface area contributed by atoms with Crippen molar-refractivity contribution >= 4 is 11.6 Å². The average molecular weight is 303 g/mol. The first-order chi connectivity index (χ1) is 11.0. The molecule has 1 aliphatic rings. The minimum atomic E-state index is -0.394. The Hall–Kier alpha value is -2.53. The zero-order valence-electron chi connectivity index (χ0n) is 13.9. The summed E-state index contributed by atoms with van der Waals surface area (Å²) >= 11 is 0. The molecule has 0 fully saturated rings. The molecule has 1 amide bonds. The highest BCUT2D eigenvalue weighted by molar-refractivity contribution is 5.98. The van der Waals surface area contributed by atoms with Gasteiger partial charge < -0.3 is 4.90 Å². The first kappa shape index (κ1) is 15.4. The zero-order valence-corrected chi connectivity index (χ0v) is 13.9. The molecule has 0 unspecified atom stereocenters. The predicted octanol–water partition coefficient (Wildman–Crippen LogP) is 4.37. The third-order valence-electron chi connectivity index (χ3n) is 4.58. The van der Waals surface area contributed by atoms with Gasteiger partial charge >= 0.3 is 0 Å². The maximum absolute atomic E-state index is 13.2. The Morgan fingerprint density at radius 2 is 1.65 bits per heavy atom. The zero-order chi connectivity index (χ0) is 16.4. The van der Waals surface area contributed by atoms with E-state index in [2.05, 4.69) is 24.8 Å². The Morgan fingerprint density at radius 1 is 1.04 bits per heavy atom. The summed E-state index contributed by atoms with van der Waals surface area (Å²) in [5, 5.41) is 0.